The normalized spacial score (nSPS) is 19.0. The first-order valence-corrected chi connectivity index (χ1v) is 11.3. The number of para-hydroxylation sites is 1. The number of benzene rings is 1. The van der Waals surface area contributed by atoms with Crippen molar-refractivity contribution in [2.45, 2.75) is 104 Å². The van der Waals surface area contributed by atoms with Crippen LogP contribution in [-0.4, -0.2) is 6.10 Å². The lowest BCUT2D eigenvalue weighted by molar-refractivity contribution is 0.158. The molecule has 0 spiro atoms. The molecule has 0 bridgehead atoms. The van der Waals surface area contributed by atoms with Crippen LogP contribution >= 0.6 is 0 Å². The molecule has 0 aliphatic carbocycles. The van der Waals surface area contributed by atoms with Crippen LogP contribution in [0.15, 0.2) is 24.3 Å². The Labute approximate surface area is 162 Å². The van der Waals surface area contributed by atoms with Crippen molar-refractivity contribution in [2.75, 3.05) is 0 Å². The van der Waals surface area contributed by atoms with Crippen LogP contribution in [0.3, 0.4) is 0 Å². The largest absolute Gasteiger partial charge is 0.490 e. The second kappa shape index (κ2) is 11.7. The maximum Gasteiger partial charge on any atom is 0.122 e. The van der Waals surface area contributed by atoms with E-state index in [1.807, 2.05) is 0 Å². The van der Waals surface area contributed by atoms with E-state index in [-0.39, 0.29) is 0 Å². The zero-order valence-electron chi connectivity index (χ0n) is 17.8. The highest BCUT2D eigenvalue weighted by molar-refractivity contribution is 5.35. The molecule has 1 heterocycles. The van der Waals surface area contributed by atoms with Gasteiger partial charge in [0, 0.05) is 0 Å². The molecule has 26 heavy (non-hydrogen) atoms. The van der Waals surface area contributed by atoms with Crippen LogP contribution < -0.4 is 4.74 Å². The minimum absolute atomic E-state index is 0.443. The molecule has 0 N–H and O–H groups in total. The van der Waals surface area contributed by atoms with Gasteiger partial charge < -0.3 is 4.74 Å². The van der Waals surface area contributed by atoms with Gasteiger partial charge in [-0.25, -0.2) is 0 Å². The maximum absolute atomic E-state index is 6.18. The third-order valence-electron chi connectivity index (χ3n) is 6.10. The second-order valence-corrected chi connectivity index (χ2v) is 9.28. The molecule has 2 rings (SSSR count). The second-order valence-electron chi connectivity index (χ2n) is 9.28. The Morgan fingerprint density at radius 3 is 2.15 bits per heavy atom. The number of aryl methyl sites for hydroxylation is 1. The number of hydrogen-bond donors (Lipinski definition) is 0. The van der Waals surface area contributed by atoms with E-state index in [1.165, 1.54) is 76.2 Å². The molecule has 0 saturated carbocycles. The van der Waals surface area contributed by atoms with Crippen molar-refractivity contribution in [2.24, 2.45) is 17.8 Å². The Kier molecular flexibility index (Phi) is 9.57. The molecule has 1 aromatic carbocycles. The summed E-state index contributed by atoms with van der Waals surface area (Å²) in [6, 6.07) is 8.55. The number of fused-ring (bicyclic) bond motifs is 1. The average Bonchev–Trinajstić information content (AvgIpc) is 2.61. The third-order valence-corrected chi connectivity index (χ3v) is 6.10. The molecule has 1 heteroatoms. The van der Waals surface area contributed by atoms with Crippen molar-refractivity contribution >= 4 is 0 Å². The summed E-state index contributed by atoms with van der Waals surface area (Å²) in [6.45, 7) is 9.57. The lowest BCUT2D eigenvalue weighted by Gasteiger charge is -2.26. The zero-order chi connectivity index (χ0) is 18.8. The van der Waals surface area contributed by atoms with Crippen LogP contribution in [-0.2, 0) is 6.42 Å². The summed E-state index contributed by atoms with van der Waals surface area (Å²) in [4.78, 5) is 0. The fourth-order valence-corrected chi connectivity index (χ4v) is 4.26. The average molecular weight is 359 g/mol. The van der Waals surface area contributed by atoms with Gasteiger partial charge in [-0.3, -0.25) is 0 Å². The van der Waals surface area contributed by atoms with Crippen LogP contribution in [0.4, 0.5) is 0 Å². The van der Waals surface area contributed by atoms with Gasteiger partial charge in [0.25, 0.3) is 0 Å². The maximum atomic E-state index is 6.18. The Bertz CT molecular complexity index is 493. The van der Waals surface area contributed by atoms with E-state index in [0.29, 0.717) is 6.10 Å². The molecule has 0 saturated heterocycles. The summed E-state index contributed by atoms with van der Waals surface area (Å²) in [5, 5.41) is 0. The molecule has 148 valence electrons. The third kappa shape index (κ3) is 8.14. The standard InChI is InChI=1S/C25H42O/c1-20(2)10-7-11-21(3)12-8-13-22(4)14-9-16-24-19-18-23-15-5-6-17-25(23)26-24/h5-6,15,17,20-22,24H,7-14,16,18-19H2,1-4H3. The highest BCUT2D eigenvalue weighted by Gasteiger charge is 2.19. The molecule has 1 aliphatic heterocycles. The first-order chi connectivity index (χ1) is 12.5. The lowest BCUT2D eigenvalue weighted by atomic mass is 9.91. The molecular weight excluding hydrogens is 316 g/mol. The summed E-state index contributed by atoms with van der Waals surface area (Å²) in [6.07, 6.45) is 15.2. The number of rotatable bonds is 12. The van der Waals surface area contributed by atoms with Crippen molar-refractivity contribution in [1.29, 1.82) is 0 Å². The van der Waals surface area contributed by atoms with Crippen LogP contribution in [0.25, 0.3) is 0 Å². The highest BCUT2D eigenvalue weighted by atomic mass is 16.5. The number of ether oxygens (including phenoxy) is 1. The molecule has 3 unspecified atom stereocenters. The van der Waals surface area contributed by atoms with E-state index in [1.54, 1.807) is 0 Å². The molecule has 1 aromatic rings. The van der Waals surface area contributed by atoms with Crippen molar-refractivity contribution in [3.63, 3.8) is 0 Å². The van der Waals surface area contributed by atoms with E-state index >= 15 is 0 Å². The monoisotopic (exact) mass is 358 g/mol. The van der Waals surface area contributed by atoms with Gasteiger partial charge in [0.15, 0.2) is 0 Å². The van der Waals surface area contributed by atoms with Gasteiger partial charge in [-0.2, -0.15) is 0 Å². The van der Waals surface area contributed by atoms with Crippen molar-refractivity contribution < 1.29 is 4.74 Å². The minimum atomic E-state index is 0.443. The van der Waals surface area contributed by atoms with Gasteiger partial charge in [0.1, 0.15) is 5.75 Å². The lowest BCUT2D eigenvalue weighted by Crippen LogP contribution is -2.22. The van der Waals surface area contributed by atoms with E-state index in [9.17, 15) is 0 Å². The SMILES string of the molecule is CC(C)CCCC(C)CCCC(C)CCCC1CCc2ccccc2O1. The van der Waals surface area contributed by atoms with Crippen molar-refractivity contribution in [1.82, 2.24) is 0 Å². The Morgan fingerprint density at radius 2 is 1.46 bits per heavy atom. The van der Waals surface area contributed by atoms with Gasteiger partial charge in [0.05, 0.1) is 6.10 Å². The zero-order valence-corrected chi connectivity index (χ0v) is 17.8. The summed E-state index contributed by atoms with van der Waals surface area (Å²) in [7, 11) is 0. The summed E-state index contributed by atoms with van der Waals surface area (Å²) < 4.78 is 6.18. The van der Waals surface area contributed by atoms with Gasteiger partial charge in [-0.15, -0.1) is 0 Å². The van der Waals surface area contributed by atoms with Crippen LogP contribution in [0.5, 0.6) is 5.75 Å². The van der Waals surface area contributed by atoms with E-state index in [2.05, 4.69) is 52.0 Å². The van der Waals surface area contributed by atoms with E-state index in [0.717, 1.165) is 23.5 Å². The summed E-state index contributed by atoms with van der Waals surface area (Å²) in [5.41, 5.74) is 1.39. The Balaban J connectivity index is 1.51. The minimum Gasteiger partial charge on any atom is -0.490 e. The fourth-order valence-electron chi connectivity index (χ4n) is 4.26. The number of hydrogen-bond acceptors (Lipinski definition) is 1. The fraction of sp³-hybridized carbons (Fsp3) is 0.760. The molecule has 0 amide bonds. The predicted octanol–water partition coefficient (Wildman–Crippen LogP) is 7.82. The smallest absolute Gasteiger partial charge is 0.122 e. The van der Waals surface area contributed by atoms with E-state index in [4.69, 9.17) is 4.74 Å². The molecular formula is C25H42O. The van der Waals surface area contributed by atoms with Crippen LogP contribution in [0.2, 0.25) is 0 Å². The summed E-state index contributed by atoms with van der Waals surface area (Å²) >= 11 is 0. The first-order valence-electron chi connectivity index (χ1n) is 11.3. The molecule has 0 fully saturated rings. The van der Waals surface area contributed by atoms with E-state index < -0.39 is 0 Å². The predicted molar refractivity (Wildman–Crippen MR) is 114 cm³/mol. The quantitative estimate of drug-likeness (QED) is 0.370. The molecule has 3 atom stereocenters. The van der Waals surface area contributed by atoms with Gasteiger partial charge in [-0.05, 0) is 55.1 Å². The Hall–Kier alpha value is -0.980. The summed E-state index contributed by atoms with van der Waals surface area (Å²) in [5.74, 6) is 3.78. The first kappa shape index (κ1) is 21.3. The Morgan fingerprint density at radius 1 is 0.846 bits per heavy atom. The molecule has 1 aliphatic rings. The highest BCUT2D eigenvalue weighted by Crippen LogP contribution is 2.29. The van der Waals surface area contributed by atoms with Crippen LogP contribution in [0.1, 0.15) is 97.5 Å². The van der Waals surface area contributed by atoms with Crippen molar-refractivity contribution in [3.8, 4) is 5.75 Å². The molecule has 0 radical (unpaired) electrons. The van der Waals surface area contributed by atoms with Crippen molar-refractivity contribution in [3.05, 3.63) is 29.8 Å². The van der Waals surface area contributed by atoms with Crippen LogP contribution in [0, 0.1) is 17.8 Å². The topological polar surface area (TPSA) is 9.23 Å². The molecule has 0 aromatic heterocycles. The van der Waals surface area contributed by atoms with Gasteiger partial charge in [0.2, 0.25) is 0 Å². The molecule has 1 nitrogen and oxygen atoms in total. The van der Waals surface area contributed by atoms with Gasteiger partial charge >= 0.3 is 0 Å². The van der Waals surface area contributed by atoms with Gasteiger partial charge in [-0.1, -0.05) is 90.8 Å².